The van der Waals surface area contributed by atoms with Crippen LogP contribution in [0.3, 0.4) is 0 Å². The summed E-state index contributed by atoms with van der Waals surface area (Å²) in [7, 11) is 2.51. The first kappa shape index (κ1) is 51.0. The summed E-state index contributed by atoms with van der Waals surface area (Å²) in [4.78, 5) is 64.8. The molecule has 4 rings (SSSR count). The second-order valence-electron chi connectivity index (χ2n) is 19.5. The normalized spacial score (nSPS) is 35.4. The predicted molar refractivity (Wildman–Crippen MR) is 222 cm³/mol. The van der Waals surface area contributed by atoms with Gasteiger partial charge in [0.1, 0.15) is 18.3 Å². The molecule has 0 unspecified atom stereocenters. The fourth-order valence-corrected chi connectivity index (χ4v) is 8.37. The molecule has 3 fully saturated rings. The van der Waals surface area contributed by atoms with Crippen molar-refractivity contribution in [2.24, 2.45) is 16.2 Å². The van der Waals surface area contributed by atoms with Gasteiger partial charge in [-0.05, 0) is 53.4 Å². The summed E-state index contributed by atoms with van der Waals surface area (Å²) in [5.74, 6) is -7.04. The van der Waals surface area contributed by atoms with Crippen molar-refractivity contribution in [1.82, 2.24) is 0 Å². The zero-order chi connectivity index (χ0) is 46.4. The third kappa shape index (κ3) is 13.0. The topological polar surface area (TPSA) is 220 Å². The zero-order valence-corrected chi connectivity index (χ0v) is 38.4. The van der Waals surface area contributed by atoms with Crippen molar-refractivity contribution in [1.29, 1.82) is 0 Å². The van der Waals surface area contributed by atoms with E-state index in [4.69, 9.17) is 37.9 Å². The third-order valence-corrected chi connectivity index (χ3v) is 12.4. The summed E-state index contributed by atoms with van der Waals surface area (Å²) in [6.07, 6.45) is -1.12. The second kappa shape index (κ2) is 20.4. The van der Waals surface area contributed by atoms with Crippen LogP contribution in [0.4, 0.5) is 0 Å². The van der Waals surface area contributed by atoms with Gasteiger partial charge in [0.2, 0.25) is 0 Å². The van der Waals surface area contributed by atoms with Gasteiger partial charge in [0.05, 0.1) is 62.0 Å². The highest BCUT2D eigenvalue weighted by atomic mass is 16.7. The molecular formula is C46H70O16. The maximum absolute atomic E-state index is 13.7. The van der Waals surface area contributed by atoms with Crippen molar-refractivity contribution in [3.8, 4) is 0 Å². The van der Waals surface area contributed by atoms with E-state index < -0.39 is 113 Å². The number of aliphatic hydroxyl groups excluding tert-OH is 1. The number of hydrogen-bond donors (Lipinski definition) is 3. The van der Waals surface area contributed by atoms with Crippen LogP contribution in [0.25, 0.3) is 0 Å². The quantitative estimate of drug-likeness (QED) is 0.129. The molecule has 16 nitrogen and oxygen atoms in total. The Kier molecular flexibility index (Phi) is 16.8. The molecular weight excluding hydrogens is 808 g/mol. The fourth-order valence-electron chi connectivity index (χ4n) is 8.37. The van der Waals surface area contributed by atoms with Gasteiger partial charge in [-0.25, -0.2) is 9.59 Å². The summed E-state index contributed by atoms with van der Waals surface area (Å²) < 4.78 is 47.1. The van der Waals surface area contributed by atoms with E-state index in [0.717, 1.165) is 0 Å². The summed E-state index contributed by atoms with van der Waals surface area (Å²) in [5, 5.41) is 36.5. The monoisotopic (exact) mass is 878 g/mol. The summed E-state index contributed by atoms with van der Waals surface area (Å²) in [6.45, 7) is 15.5. The van der Waals surface area contributed by atoms with Crippen molar-refractivity contribution in [2.75, 3.05) is 14.2 Å². The molecule has 350 valence electrons. The van der Waals surface area contributed by atoms with Gasteiger partial charge in [-0.3, -0.25) is 14.4 Å². The number of carbonyl (C=O) groups excluding carboxylic acids is 5. The molecule has 0 aliphatic carbocycles. The van der Waals surface area contributed by atoms with E-state index in [-0.39, 0.29) is 57.8 Å². The molecule has 3 saturated heterocycles. The van der Waals surface area contributed by atoms with Crippen molar-refractivity contribution in [3.63, 3.8) is 0 Å². The highest BCUT2D eigenvalue weighted by molar-refractivity contribution is 5.83. The molecule has 10 atom stereocenters. The van der Waals surface area contributed by atoms with Crippen LogP contribution in [0, 0.1) is 16.2 Å². The lowest BCUT2D eigenvalue weighted by Gasteiger charge is -2.54. The molecule has 4 heterocycles. The van der Waals surface area contributed by atoms with E-state index in [2.05, 4.69) is 0 Å². The molecule has 0 aromatic rings. The van der Waals surface area contributed by atoms with Crippen LogP contribution in [-0.4, -0.2) is 120 Å². The number of fused-ring (bicyclic) bond motifs is 6. The minimum atomic E-state index is -2.03. The second-order valence-corrected chi connectivity index (χ2v) is 19.5. The molecule has 0 spiro atoms. The van der Waals surface area contributed by atoms with Gasteiger partial charge in [0.25, 0.3) is 0 Å². The lowest BCUT2D eigenvalue weighted by Crippen LogP contribution is -2.62. The number of carbonyl (C=O) groups is 5. The van der Waals surface area contributed by atoms with Crippen molar-refractivity contribution in [2.45, 2.75) is 193 Å². The van der Waals surface area contributed by atoms with Crippen molar-refractivity contribution < 1.29 is 77.2 Å². The molecule has 0 radical (unpaired) electrons. The Morgan fingerprint density at radius 2 is 1.48 bits per heavy atom. The number of cyclic esters (lactones) is 1. The van der Waals surface area contributed by atoms with Crippen LogP contribution in [-0.2, 0) is 61.9 Å². The first-order valence-electron chi connectivity index (χ1n) is 21.7. The van der Waals surface area contributed by atoms with E-state index in [9.17, 15) is 39.3 Å². The van der Waals surface area contributed by atoms with Gasteiger partial charge in [0, 0.05) is 56.1 Å². The fraction of sp³-hybridized carbons (Fsp3) is 0.761. The molecule has 0 saturated carbocycles. The van der Waals surface area contributed by atoms with E-state index in [1.165, 1.54) is 26.4 Å². The van der Waals surface area contributed by atoms with Gasteiger partial charge in [-0.1, -0.05) is 57.9 Å². The molecule has 4 aliphatic heterocycles. The van der Waals surface area contributed by atoms with Crippen molar-refractivity contribution in [3.05, 3.63) is 35.5 Å². The molecule has 3 N–H and O–H groups in total. The van der Waals surface area contributed by atoms with E-state index >= 15 is 0 Å². The summed E-state index contributed by atoms with van der Waals surface area (Å²) in [5.41, 5.74) is -2.14. The zero-order valence-electron chi connectivity index (χ0n) is 38.4. The van der Waals surface area contributed by atoms with Crippen LogP contribution in [0.5, 0.6) is 0 Å². The molecule has 0 amide bonds. The maximum Gasteiger partial charge on any atom is 0.330 e. The van der Waals surface area contributed by atoms with Crippen LogP contribution < -0.4 is 0 Å². The van der Waals surface area contributed by atoms with E-state index in [1.54, 1.807) is 67.5 Å². The van der Waals surface area contributed by atoms with Crippen LogP contribution >= 0.6 is 0 Å². The molecule has 62 heavy (non-hydrogen) atoms. The average molecular weight is 879 g/mol. The predicted octanol–water partition coefficient (Wildman–Crippen LogP) is 5.22. The number of ether oxygens (including phenoxy) is 8. The first-order valence-corrected chi connectivity index (χ1v) is 21.7. The molecule has 0 aromatic carbocycles. The van der Waals surface area contributed by atoms with Crippen LogP contribution in [0.15, 0.2) is 35.5 Å². The minimum Gasteiger partial charge on any atom is -0.466 e. The summed E-state index contributed by atoms with van der Waals surface area (Å²) >= 11 is 0. The number of methoxy groups -OCH3 is 2. The number of hydrogen-bond acceptors (Lipinski definition) is 16. The van der Waals surface area contributed by atoms with Gasteiger partial charge >= 0.3 is 29.8 Å². The number of esters is 5. The number of rotatable bonds is 7. The largest absolute Gasteiger partial charge is 0.466 e. The lowest BCUT2D eigenvalue weighted by molar-refractivity contribution is -0.349. The third-order valence-electron chi connectivity index (χ3n) is 12.4. The van der Waals surface area contributed by atoms with E-state index in [1.807, 2.05) is 6.92 Å². The lowest BCUT2D eigenvalue weighted by atomic mass is 9.70. The van der Waals surface area contributed by atoms with Crippen molar-refractivity contribution >= 4 is 29.8 Å². The Morgan fingerprint density at radius 3 is 2.10 bits per heavy atom. The SMILES string of the molecule is CCCC(=O)O[C@H](C)[C@H]1C[C@@H]2C/C(=C/C(=O)OC)C[C@@](O)(O2)C(C)(C)/C=C/[C@H]2C/C(=C\C(=O)OC)C[C@@H](C[C@]3(O)O[C@H](C[C@@H](O)CC(=O)O1)C[C@H](OC(=O)C(C)(C)C)C3(C)C)O2. The molecule has 16 heteroatoms. The Morgan fingerprint density at radius 1 is 0.871 bits per heavy atom. The van der Waals surface area contributed by atoms with Gasteiger partial charge in [-0.2, -0.15) is 0 Å². The molecule has 4 aliphatic rings. The smallest absolute Gasteiger partial charge is 0.330 e. The maximum atomic E-state index is 13.7. The van der Waals surface area contributed by atoms with Gasteiger partial charge < -0.3 is 53.2 Å². The standard InChI is InChI=1S/C46H70O16/c1-12-13-37(48)57-27(2)35-23-32-18-29(20-39(50)56-11)25-45(53,61-32)43(6,7)15-14-31-16-28(19-38(49)55-10)17-34(58-31)26-46(54)44(8,9)36(60-41(52)42(3,4)5)24-33(62-46)21-30(47)22-40(51)59-35/h14-15,19-20,27,30-36,47,53-54H,12-13,16-18,21-26H2,1-11H3/b15-14+,28-19+,29-20-/t27-,30-,31+,32+,33-,34+,35-,36+,45-,46+/m1/s1. The minimum absolute atomic E-state index is 0.0766. The highest BCUT2D eigenvalue weighted by Gasteiger charge is 2.58. The Labute approximate surface area is 365 Å². The average Bonchev–Trinajstić information content (AvgIpc) is 3.14. The Bertz CT molecular complexity index is 1720. The Hall–Kier alpha value is -3.67. The Balaban J connectivity index is 1.84. The van der Waals surface area contributed by atoms with Crippen LogP contribution in [0.2, 0.25) is 0 Å². The molecule has 0 aromatic heterocycles. The van der Waals surface area contributed by atoms with Crippen LogP contribution in [0.1, 0.15) is 133 Å². The van der Waals surface area contributed by atoms with Gasteiger partial charge in [-0.15, -0.1) is 0 Å². The molecule has 6 bridgehead atoms. The number of aliphatic hydroxyl groups is 3. The van der Waals surface area contributed by atoms with Gasteiger partial charge in [0.15, 0.2) is 11.6 Å². The first-order chi connectivity index (χ1) is 28.7. The summed E-state index contributed by atoms with van der Waals surface area (Å²) in [6, 6.07) is 0. The highest BCUT2D eigenvalue weighted by Crippen LogP contribution is 2.50. The van der Waals surface area contributed by atoms with E-state index in [0.29, 0.717) is 17.6 Å².